The Morgan fingerprint density at radius 1 is 1.25 bits per heavy atom. The van der Waals surface area contributed by atoms with Gasteiger partial charge in [-0.3, -0.25) is 4.79 Å². The van der Waals surface area contributed by atoms with E-state index in [4.69, 9.17) is 5.11 Å². The molecule has 12 heavy (non-hydrogen) atoms. The minimum Gasteiger partial charge on any atom is -0.469 e. The monoisotopic (exact) mass is 178 g/mol. The molecular formula is C8H18O4. The molecule has 0 saturated heterocycles. The van der Waals surface area contributed by atoms with Gasteiger partial charge >= 0.3 is 5.97 Å². The molecule has 74 valence electrons. The summed E-state index contributed by atoms with van der Waals surface area (Å²) in [6.07, 6.45) is 0. The van der Waals surface area contributed by atoms with Gasteiger partial charge in [0.1, 0.15) is 5.78 Å². The zero-order valence-corrected chi connectivity index (χ0v) is 8.38. The Bertz CT molecular complexity index is 106. The number of carbonyl (C=O) groups is 2. The van der Waals surface area contributed by atoms with Gasteiger partial charge in [0.15, 0.2) is 0 Å². The molecule has 4 heteroatoms. The van der Waals surface area contributed by atoms with E-state index in [1.807, 2.05) is 0 Å². The summed E-state index contributed by atoms with van der Waals surface area (Å²) in [6, 6.07) is 0. The highest BCUT2D eigenvalue weighted by Crippen LogP contribution is 1.60. The van der Waals surface area contributed by atoms with Crippen LogP contribution >= 0.6 is 0 Å². The van der Waals surface area contributed by atoms with Crippen LogP contribution in [0.4, 0.5) is 0 Å². The van der Waals surface area contributed by atoms with Gasteiger partial charge in [0.05, 0.1) is 7.11 Å². The molecule has 0 aliphatic carbocycles. The van der Waals surface area contributed by atoms with Crippen LogP contribution in [0.1, 0.15) is 27.7 Å². The molecule has 0 heterocycles. The Labute approximate surface area is 73.5 Å². The molecule has 0 bridgehead atoms. The van der Waals surface area contributed by atoms with Gasteiger partial charge in [0.25, 0.3) is 0 Å². The van der Waals surface area contributed by atoms with E-state index < -0.39 is 0 Å². The second kappa shape index (κ2) is 16.6. The summed E-state index contributed by atoms with van der Waals surface area (Å²) in [6.45, 7) is 6.35. The number of methoxy groups -OCH3 is 1. The van der Waals surface area contributed by atoms with Crippen molar-refractivity contribution in [1.82, 2.24) is 0 Å². The lowest BCUT2D eigenvalue weighted by Gasteiger charge is -1.80. The van der Waals surface area contributed by atoms with Gasteiger partial charge in [-0.05, 0) is 20.8 Å². The molecule has 0 saturated carbocycles. The first-order chi connectivity index (χ1) is 5.42. The molecule has 4 nitrogen and oxygen atoms in total. The molecule has 1 N–H and O–H groups in total. The molecule has 0 aliphatic heterocycles. The van der Waals surface area contributed by atoms with Crippen molar-refractivity contribution in [2.45, 2.75) is 27.7 Å². The van der Waals surface area contributed by atoms with Crippen molar-refractivity contribution in [2.75, 3.05) is 13.7 Å². The molecule has 0 aromatic carbocycles. The number of carbonyl (C=O) groups excluding carboxylic acids is 2. The third-order valence-electron chi connectivity index (χ3n) is 0.287. The van der Waals surface area contributed by atoms with E-state index in [-0.39, 0.29) is 18.4 Å². The van der Waals surface area contributed by atoms with Crippen LogP contribution in [0.2, 0.25) is 0 Å². The smallest absolute Gasteiger partial charge is 0.302 e. The van der Waals surface area contributed by atoms with Gasteiger partial charge < -0.3 is 14.6 Å². The summed E-state index contributed by atoms with van der Waals surface area (Å²) in [5.41, 5.74) is 0. The van der Waals surface area contributed by atoms with E-state index in [1.54, 1.807) is 6.92 Å². The largest absolute Gasteiger partial charge is 0.469 e. The predicted molar refractivity (Wildman–Crippen MR) is 46.8 cm³/mol. The number of hydrogen-bond acceptors (Lipinski definition) is 4. The molecule has 0 unspecified atom stereocenters. The second-order valence-electron chi connectivity index (χ2n) is 1.92. The maximum Gasteiger partial charge on any atom is 0.302 e. The average molecular weight is 178 g/mol. The lowest BCUT2D eigenvalue weighted by atomic mass is 10.6. The lowest BCUT2D eigenvalue weighted by molar-refractivity contribution is -0.137. The minimum absolute atomic E-state index is 0.167. The van der Waals surface area contributed by atoms with Crippen LogP contribution in [-0.4, -0.2) is 30.6 Å². The van der Waals surface area contributed by atoms with Crippen LogP contribution in [-0.2, 0) is 14.3 Å². The second-order valence-corrected chi connectivity index (χ2v) is 1.92. The summed E-state index contributed by atoms with van der Waals surface area (Å²) in [4.78, 5) is 19.0. The van der Waals surface area contributed by atoms with Gasteiger partial charge in [0.2, 0.25) is 0 Å². The van der Waals surface area contributed by atoms with Crippen LogP contribution in [0.25, 0.3) is 0 Å². The van der Waals surface area contributed by atoms with E-state index in [0.717, 1.165) is 0 Å². The number of esters is 1. The lowest BCUT2D eigenvalue weighted by Crippen LogP contribution is -1.88. The van der Waals surface area contributed by atoms with Gasteiger partial charge in [-0.2, -0.15) is 0 Å². The van der Waals surface area contributed by atoms with Crippen molar-refractivity contribution in [3.05, 3.63) is 0 Å². The highest BCUT2D eigenvalue weighted by molar-refractivity contribution is 5.72. The number of ether oxygens (including phenoxy) is 1. The molecule has 0 aromatic rings. The fraction of sp³-hybridized carbons (Fsp3) is 0.750. The molecule has 0 aliphatic rings. The van der Waals surface area contributed by atoms with Gasteiger partial charge in [0, 0.05) is 13.5 Å². The maximum atomic E-state index is 9.59. The van der Waals surface area contributed by atoms with Gasteiger partial charge in [-0.25, -0.2) is 0 Å². The zero-order valence-electron chi connectivity index (χ0n) is 8.38. The number of hydrogen-bond donors (Lipinski definition) is 1. The predicted octanol–water partition coefficient (Wildman–Crippen LogP) is 0.773. The molecule has 0 atom stereocenters. The number of ketones is 1. The SMILES string of the molecule is CC(C)=O.CCO.COC(C)=O. The Morgan fingerprint density at radius 2 is 1.33 bits per heavy atom. The first-order valence-corrected chi connectivity index (χ1v) is 3.54. The molecule has 0 fully saturated rings. The number of aliphatic hydroxyl groups is 1. The Hall–Kier alpha value is -0.900. The van der Waals surface area contributed by atoms with Crippen molar-refractivity contribution < 1.29 is 19.4 Å². The average Bonchev–Trinajstić information content (AvgIpc) is 1.88. The highest BCUT2D eigenvalue weighted by Gasteiger charge is 1.75. The van der Waals surface area contributed by atoms with Gasteiger partial charge in [-0.15, -0.1) is 0 Å². The van der Waals surface area contributed by atoms with E-state index in [0.29, 0.717) is 0 Å². The summed E-state index contributed by atoms with van der Waals surface area (Å²) < 4.78 is 4.11. The first kappa shape index (κ1) is 17.3. The van der Waals surface area contributed by atoms with Crippen molar-refractivity contribution in [1.29, 1.82) is 0 Å². The summed E-state index contributed by atoms with van der Waals surface area (Å²) in [7, 11) is 1.35. The number of aliphatic hydroxyl groups excluding tert-OH is 1. The molecular weight excluding hydrogens is 160 g/mol. The molecule has 0 radical (unpaired) electrons. The van der Waals surface area contributed by atoms with E-state index in [2.05, 4.69) is 4.74 Å². The Morgan fingerprint density at radius 3 is 1.33 bits per heavy atom. The summed E-state index contributed by atoms with van der Waals surface area (Å²) >= 11 is 0. The standard InChI is InChI=1S/C3H6O2.C3H6O.C2H6O/c1-3(4)5-2;1-3(2)4;1-2-3/h1-2H3;1-2H3;3H,2H2,1H3. The van der Waals surface area contributed by atoms with Crippen molar-refractivity contribution in [3.8, 4) is 0 Å². The highest BCUT2D eigenvalue weighted by atomic mass is 16.5. The van der Waals surface area contributed by atoms with Gasteiger partial charge in [-0.1, -0.05) is 0 Å². The van der Waals surface area contributed by atoms with Crippen molar-refractivity contribution in [2.24, 2.45) is 0 Å². The number of rotatable bonds is 0. The third-order valence-corrected chi connectivity index (χ3v) is 0.287. The summed E-state index contributed by atoms with van der Waals surface area (Å²) in [5.74, 6) is -0.0787. The van der Waals surface area contributed by atoms with Crippen LogP contribution in [0, 0.1) is 0 Å². The Kier molecular flexibility index (Phi) is 23.9. The van der Waals surface area contributed by atoms with Crippen LogP contribution in [0.15, 0.2) is 0 Å². The van der Waals surface area contributed by atoms with Crippen LogP contribution < -0.4 is 0 Å². The first-order valence-electron chi connectivity index (χ1n) is 3.54. The molecule has 0 rings (SSSR count). The van der Waals surface area contributed by atoms with Crippen molar-refractivity contribution in [3.63, 3.8) is 0 Å². The van der Waals surface area contributed by atoms with E-state index >= 15 is 0 Å². The minimum atomic E-state index is -0.245. The zero-order chi connectivity index (χ0) is 10.6. The Balaban J connectivity index is -0.000000105. The quantitative estimate of drug-likeness (QED) is 0.556. The van der Waals surface area contributed by atoms with Crippen LogP contribution in [0.5, 0.6) is 0 Å². The topological polar surface area (TPSA) is 63.6 Å². The van der Waals surface area contributed by atoms with Crippen molar-refractivity contribution >= 4 is 11.8 Å². The molecule has 0 spiro atoms. The van der Waals surface area contributed by atoms with Crippen LogP contribution in [0.3, 0.4) is 0 Å². The summed E-state index contributed by atoms with van der Waals surface area (Å²) in [5, 5.41) is 7.57. The van der Waals surface area contributed by atoms with E-state index in [1.165, 1.54) is 27.9 Å². The maximum absolute atomic E-state index is 9.59. The number of Topliss-reactive ketones (excluding diaryl/α,β-unsaturated/α-hetero) is 1. The third kappa shape index (κ3) is 493. The fourth-order valence-electron chi connectivity index (χ4n) is 0. The van der Waals surface area contributed by atoms with E-state index in [9.17, 15) is 9.59 Å². The molecule has 0 aromatic heterocycles. The normalized spacial score (nSPS) is 6.50. The molecule has 0 amide bonds. The fourth-order valence-corrected chi connectivity index (χ4v) is 0.